The van der Waals surface area contributed by atoms with Crippen molar-refractivity contribution in [3.8, 4) is 11.5 Å². The molecule has 4 heterocycles. The zero-order valence-corrected chi connectivity index (χ0v) is 18.2. The molecule has 0 aliphatic carbocycles. The third kappa shape index (κ3) is 3.95. The molecule has 2 saturated heterocycles. The highest BCUT2D eigenvalue weighted by atomic mass is 16.6. The SMILES string of the molecule is O=C(Nc1cccc2ccccc12)NC1COC2C(Nc3nccc(-c4ccco4)n3)COC12. The highest BCUT2D eigenvalue weighted by molar-refractivity contribution is 6.01. The number of urea groups is 1. The lowest BCUT2D eigenvalue weighted by Crippen LogP contribution is -2.46. The number of benzene rings is 2. The average Bonchev–Trinajstić information content (AvgIpc) is 3.60. The quantitative estimate of drug-likeness (QED) is 0.419. The first-order chi connectivity index (χ1) is 16.7. The Morgan fingerprint density at radius 2 is 1.74 bits per heavy atom. The molecule has 2 fully saturated rings. The lowest BCUT2D eigenvalue weighted by atomic mass is 10.1. The summed E-state index contributed by atoms with van der Waals surface area (Å²) in [6.45, 7) is 0.788. The highest BCUT2D eigenvalue weighted by Gasteiger charge is 2.48. The van der Waals surface area contributed by atoms with Crippen LogP contribution in [-0.4, -0.2) is 53.5 Å². The van der Waals surface area contributed by atoms with Gasteiger partial charge in [0.2, 0.25) is 5.95 Å². The van der Waals surface area contributed by atoms with Crippen LogP contribution in [0.5, 0.6) is 0 Å². The van der Waals surface area contributed by atoms with Gasteiger partial charge in [0.25, 0.3) is 0 Å². The zero-order chi connectivity index (χ0) is 22.9. The van der Waals surface area contributed by atoms with Crippen LogP contribution in [0.2, 0.25) is 0 Å². The monoisotopic (exact) mass is 457 g/mol. The Morgan fingerprint density at radius 3 is 2.62 bits per heavy atom. The van der Waals surface area contributed by atoms with Crippen LogP contribution < -0.4 is 16.0 Å². The molecular weight excluding hydrogens is 434 g/mol. The van der Waals surface area contributed by atoms with Gasteiger partial charge in [0.15, 0.2) is 5.76 Å². The maximum Gasteiger partial charge on any atom is 0.319 e. The molecule has 2 amide bonds. The molecule has 2 aromatic carbocycles. The molecule has 2 aliphatic heterocycles. The maximum atomic E-state index is 12.7. The average molecular weight is 457 g/mol. The Morgan fingerprint density at radius 1 is 0.912 bits per heavy atom. The Balaban J connectivity index is 1.09. The largest absolute Gasteiger partial charge is 0.463 e. The Hall–Kier alpha value is -3.95. The van der Waals surface area contributed by atoms with E-state index in [4.69, 9.17) is 13.9 Å². The van der Waals surface area contributed by atoms with Crippen molar-refractivity contribution >= 4 is 28.4 Å². The third-order valence-corrected chi connectivity index (χ3v) is 6.15. The number of aromatic nitrogens is 2. The fourth-order valence-corrected chi connectivity index (χ4v) is 4.56. The number of anilines is 2. The summed E-state index contributed by atoms with van der Waals surface area (Å²) in [6, 6.07) is 18.5. The third-order valence-electron chi connectivity index (χ3n) is 6.15. The number of amides is 2. The molecule has 0 saturated carbocycles. The Bertz CT molecular complexity index is 1310. The summed E-state index contributed by atoms with van der Waals surface area (Å²) < 4.78 is 17.4. The molecular formula is C25H23N5O4. The molecule has 34 heavy (non-hydrogen) atoms. The van der Waals surface area contributed by atoms with Crippen LogP contribution in [0.15, 0.2) is 77.5 Å². The van der Waals surface area contributed by atoms with E-state index >= 15 is 0 Å². The summed E-state index contributed by atoms with van der Waals surface area (Å²) in [5.74, 6) is 1.14. The van der Waals surface area contributed by atoms with Crippen molar-refractivity contribution in [1.29, 1.82) is 0 Å². The number of rotatable bonds is 5. The standard InChI is InChI=1S/C25H23N5O4/c31-25(29-17-8-3-6-15-5-1-2-7-16(15)17)30-20-14-34-22-19(13-33-23(20)22)28-24-26-11-10-18(27-24)21-9-4-12-32-21/h1-12,19-20,22-23H,13-14H2,(H,26,27,28)(H2,29,30,31). The zero-order valence-electron chi connectivity index (χ0n) is 18.2. The summed E-state index contributed by atoms with van der Waals surface area (Å²) in [4.78, 5) is 21.6. The lowest BCUT2D eigenvalue weighted by Gasteiger charge is -2.19. The fourth-order valence-electron chi connectivity index (χ4n) is 4.56. The van der Waals surface area contributed by atoms with Crippen molar-refractivity contribution in [2.45, 2.75) is 24.3 Å². The molecule has 9 nitrogen and oxygen atoms in total. The molecule has 4 aromatic rings. The van der Waals surface area contributed by atoms with Crippen LogP contribution in [-0.2, 0) is 9.47 Å². The van der Waals surface area contributed by atoms with Crippen LogP contribution >= 0.6 is 0 Å². The van der Waals surface area contributed by atoms with Crippen LogP contribution in [0.1, 0.15) is 0 Å². The van der Waals surface area contributed by atoms with Crippen LogP contribution in [0.25, 0.3) is 22.2 Å². The van der Waals surface area contributed by atoms with E-state index in [2.05, 4.69) is 25.9 Å². The van der Waals surface area contributed by atoms with Gasteiger partial charge in [0.05, 0.1) is 37.2 Å². The molecule has 3 N–H and O–H groups in total. The number of fused-ring (bicyclic) bond motifs is 2. The summed E-state index contributed by atoms with van der Waals surface area (Å²) in [5, 5.41) is 11.3. The molecule has 9 heteroatoms. The summed E-state index contributed by atoms with van der Waals surface area (Å²) in [7, 11) is 0. The van der Waals surface area contributed by atoms with E-state index in [1.54, 1.807) is 18.5 Å². The smallest absolute Gasteiger partial charge is 0.319 e. The van der Waals surface area contributed by atoms with E-state index < -0.39 is 0 Å². The highest BCUT2D eigenvalue weighted by Crippen LogP contribution is 2.29. The number of hydrogen-bond acceptors (Lipinski definition) is 7. The second-order valence-electron chi connectivity index (χ2n) is 8.32. The number of furan rings is 1. The Labute approximate surface area is 195 Å². The number of nitrogens with one attached hydrogen (secondary N) is 3. The Kier molecular flexibility index (Phi) is 5.32. The lowest BCUT2D eigenvalue weighted by molar-refractivity contribution is 0.0683. The van der Waals surface area contributed by atoms with Gasteiger partial charge in [-0.2, -0.15) is 0 Å². The summed E-state index contributed by atoms with van der Waals surface area (Å²) in [5.41, 5.74) is 1.45. The molecule has 4 atom stereocenters. The van der Waals surface area contributed by atoms with E-state index in [1.165, 1.54) is 0 Å². The van der Waals surface area contributed by atoms with Crippen molar-refractivity contribution in [3.63, 3.8) is 0 Å². The first-order valence-corrected chi connectivity index (χ1v) is 11.2. The van der Waals surface area contributed by atoms with Gasteiger partial charge in [-0.25, -0.2) is 14.8 Å². The first kappa shape index (κ1) is 20.6. The van der Waals surface area contributed by atoms with Crippen LogP contribution in [0.4, 0.5) is 16.4 Å². The molecule has 0 spiro atoms. The molecule has 172 valence electrons. The first-order valence-electron chi connectivity index (χ1n) is 11.2. The number of carbonyl (C=O) groups is 1. The fraction of sp³-hybridized carbons (Fsp3) is 0.240. The van der Waals surface area contributed by atoms with Gasteiger partial charge in [-0.15, -0.1) is 0 Å². The summed E-state index contributed by atoms with van der Waals surface area (Å²) in [6.07, 6.45) is 2.80. The molecule has 2 aromatic heterocycles. The van der Waals surface area contributed by atoms with Crippen molar-refractivity contribution in [3.05, 3.63) is 73.1 Å². The van der Waals surface area contributed by atoms with E-state index in [0.717, 1.165) is 16.5 Å². The molecule has 6 rings (SSSR count). The second kappa shape index (κ2) is 8.77. The minimum atomic E-state index is -0.292. The van der Waals surface area contributed by atoms with E-state index in [-0.39, 0.29) is 30.3 Å². The van der Waals surface area contributed by atoms with Gasteiger partial charge in [-0.1, -0.05) is 36.4 Å². The van der Waals surface area contributed by atoms with E-state index in [0.29, 0.717) is 30.6 Å². The van der Waals surface area contributed by atoms with Gasteiger partial charge < -0.3 is 29.8 Å². The predicted octanol–water partition coefficient (Wildman–Crippen LogP) is 3.66. The topological polar surface area (TPSA) is 111 Å². The van der Waals surface area contributed by atoms with Crippen molar-refractivity contribution < 1.29 is 18.7 Å². The number of ether oxygens (including phenoxy) is 2. The van der Waals surface area contributed by atoms with Gasteiger partial charge in [-0.05, 0) is 29.7 Å². The normalized spacial score (nSPS) is 23.5. The molecule has 2 aliphatic rings. The van der Waals surface area contributed by atoms with E-state index in [1.807, 2.05) is 54.6 Å². The predicted molar refractivity (Wildman–Crippen MR) is 127 cm³/mol. The molecule has 0 radical (unpaired) electrons. The van der Waals surface area contributed by atoms with Gasteiger partial charge >= 0.3 is 6.03 Å². The van der Waals surface area contributed by atoms with Crippen LogP contribution in [0, 0.1) is 0 Å². The van der Waals surface area contributed by atoms with Crippen molar-refractivity contribution in [2.24, 2.45) is 0 Å². The minimum Gasteiger partial charge on any atom is -0.463 e. The van der Waals surface area contributed by atoms with Crippen LogP contribution in [0.3, 0.4) is 0 Å². The van der Waals surface area contributed by atoms with Gasteiger partial charge in [-0.3, -0.25) is 0 Å². The maximum absolute atomic E-state index is 12.7. The van der Waals surface area contributed by atoms with E-state index in [9.17, 15) is 4.79 Å². The number of hydrogen-bond donors (Lipinski definition) is 3. The number of nitrogens with zero attached hydrogens (tertiary/aromatic N) is 2. The van der Waals surface area contributed by atoms with Crippen molar-refractivity contribution in [1.82, 2.24) is 15.3 Å². The molecule has 4 unspecified atom stereocenters. The molecule has 0 bridgehead atoms. The number of carbonyl (C=O) groups excluding carboxylic acids is 1. The van der Waals surface area contributed by atoms with Crippen molar-refractivity contribution in [2.75, 3.05) is 23.8 Å². The second-order valence-corrected chi connectivity index (χ2v) is 8.32. The van der Waals surface area contributed by atoms with Gasteiger partial charge in [0.1, 0.15) is 17.9 Å². The van der Waals surface area contributed by atoms with Gasteiger partial charge in [0, 0.05) is 11.6 Å². The summed E-state index contributed by atoms with van der Waals surface area (Å²) >= 11 is 0. The minimum absolute atomic E-state index is 0.134.